The van der Waals surface area contributed by atoms with Crippen molar-refractivity contribution in [3.63, 3.8) is 0 Å². The molecule has 0 fully saturated rings. The highest BCUT2D eigenvalue weighted by molar-refractivity contribution is 5.77. The highest BCUT2D eigenvalue weighted by Crippen LogP contribution is 2.29. The zero-order valence-corrected chi connectivity index (χ0v) is 14.4. The maximum absolute atomic E-state index is 13.6. The molecule has 8 nitrogen and oxygen atoms in total. The first-order valence-corrected chi connectivity index (χ1v) is 7.79. The Kier molecular flexibility index (Phi) is 6.02. The molecule has 0 atom stereocenters. The third-order valence-electron chi connectivity index (χ3n) is 3.11. The second-order valence-electron chi connectivity index (χ2n) is 6.42. The van der Waals surface area contributed by atoms with Crippen molar-refractivity contribution in [2.75, 3.05) is 13.3 Å². The van der Waals surface area contributed by atoms with Gasteiger partial charge in [0.1, 0.15) is 17.2 Å². The first-order valence-electron chi connectivity index (χ1n) is 7.79. The fourth-order valence-electron chi connectivity index (χ4n) is 2.21. The van der Waals surface area contributed by atoms with E-state index >= 15 is 0 Å². The largest absolute Gasteiger partial charge is 0.467 e. The minimum absolute atomic E-state index is 0.110. The molecule has 9 heteroatoms. The smallest absolute Gasteiger partial charge is 0.426 e. The minimum atomic E-state index is -0.768. The van der Waals surface area contributed by atoms with Crippen LogP contribution in [0.15, 0.2) is 12.1 Å². The van der Waals surface area contributed by atoms with Crippen LogP contribution in [0.25, 0.3) is 0 Å². The number of halogens is 1. The normalized spacial score (nSPS) is 13.3. The Labute approximate surface area is 145 Å². The first-order chi connectivity index (χ1) is 11.7. The van der Waals surface area contributed by atoms with Crippen LogP contribution in [0.5, 0.6) is 5.75 Å². The average Bonchev–Trinajstić information content (AvgIpc) is 2.51. The van der Waals surface area contributed by atoms with Crippen LogP contribution in [0, 0.1) is 5.82 Å². The van der Waals surface area contributed by atoms with Crippen molar-refractivity contribution in [3.05, 3.63) is 29.1 Å². The molecule has 3 N–H and O–H groups in total. The number of nitrogens with one attached hydrogen (secondary N) is 3. The second kappa shape index (κ2) is 8.02. The van der Waals surface area contributed by atoms with Gasteiger partial charge in [-0.05, 0) is 44.9 Å². The summed E-state index contributed by atoms with van der Waals surface area (Å²) in [6, 6.07) is 2.12. The molecule has 0 saturated heterocycles. The van der Waals surface area contributed by atoms with Crippen LogP contribution in [0.4, 0.5) is 14.0 Å². The predicted molar refractivity (Wildman–Crippen MR) is 86.3 cm³/mol. The summed E-state index contributed by atoms with van der Waals surface area (Å²) in [5, 5.41) is 2.55. The maximum Gasteiger partial charge on any atom is 0.426 e. The van der Waals surface area contributed by atoms with Crippen molar-refractivity contribution in [3.8, 4) is 5.75 Å². The Balaban J connectivity index is 1.78. The van der Waals surface area contributed by atoms with Gasteiger partial charge in [-0.15, -0.1) is 0 Å². The average molecular weight is 355 g/mol. The molecule has 0 unspecified atom stereocenters. The zero-order valence-electron chi connectivity index (χ0n) is 14.4. The van der Waals surface area contributed by atoms with Crippen LogP contribution in [-0.2, 0) is 22.5 Å². The van der Waals surface area contributed by atoms with Crippen molar-refractivity contribution in [2.24, 2.45) is 0 Å². The Morgan fingerprint density at radius 2 is 2.04 bits per heavy atom. The van der Waals surface area contributed by atoms with Crippen LogP contribution in [-0.4, -0.2) is 31.1 Å². The molecule has 1 aliphatic heterocycles. The summed E-state index contributed by atoms with van der Waals surface area (Å²) in [6.07, 6.45) is -0.407. The van der Waals surface area contributed by atoms with E-state index in [1.807, 2.05) is 0 Å². The maximum atomic E-state index is 13.6. The predicted octanol–water partition coefficient (Wildman–Crippen LogP) is 1.97. The van der Waals surface area contributed by atoms with E-state index < -0.39 is 17.7 Å². The number of ether oxygens (including phenoxy) is 3. The zero-order chi connectivity index (χ0) is 18.4. The lowest BCUT2D eigenvalue weighted by Gasteiger charge is -2.21. The molecule has 2 rings (SSSR count). The molecule has 3 amide bonds. The Bertz CT molecular complexity index is 645. The highest BCUT2D eigenvalue weighted by atomic mass is 19.1. The van der Waals surface area contributed by atoms with Crippen molar-refractivity contribution >= 4 is 12.1 Å². The van der Waals surface area contributed by atoms with Crippen molar-refractivity contribution in [1.29, 1.82) is 0 Å². The van der Waals surface area contributed by atoms with Gasteiger partial charge in [0.05, 0.1) is 6.61 Å². The van der Waals surface area contributed by atoms with Gasteiger partial charge in [0.25, 0.3) is 0 Å². The number of benzene rings is 1. The van der Waals surface area contributed by atoms with E-state index in [-0.39, 0.29) is 25.8 Å². The molecular weight excluding hydrogens is 333 g/mol. The van der Waals surface area contributed by atoms with Crippen molar-refractivity contribution < 1.29 is 28.2 Å². The van der Waals surface area contributed by atoms with E-state index in [4.69, 9.17) is 14.2 Å². The number of hydrazine groups is 1. The first kappa shape index (κ1) is 18.8. The molecule has 25 heavy (non-hydrogen) atoms. The van der Waals surface area contributed by atoms with E-state index in [1.165, 1.54) is 12.1 Å². The quantitative estimate of drug-likeness (QED) is 0.720. The van der Waals surface area contributed by atoms with Gasteiger partial charge in [0.2, 0.25) is 0 Å². The molecule has 1 aromatic carbocycles. The number of amides is 3. The highest BCUT2D eigenvalue weighted by Gasteiger charge is 2.18. The van der Waals surface area contributed by atoms with E-state index in [0.29, 0.717) is 23.3 Å². The number of urea groups is 1. The molecular formula is C16H22FN3O5. The topological polar surface area (TPSA) is 97.9 Å². The standard InChI is InChI=1S/C16H22FN3O5/c1-16(2,3)25-15(22)20-19-14(21)18-5-4-10-6-12(17)7-11-8-23-9-24-13(10)11/h6-7H,4-5,8-9H2,1-3H3,(H,20,22)(H2,18,19,21). The van der Waals surface area contributed by atoms with Gasteiger partial charge in [-0.1, -0.05) is 0 Å². The van der Waals surface area contributed by atoms with E-state index in [0.717, 1.165) is 0 Å². The summed E-state index contributed by atoms with van der Waals surface area (Å²) < 4.78 is 29.1. The molecule has 1 aromatic rings. The lowest BCUT2D eigenvalue weighted by Crippen LogP contribution is -2.48. The van der Waals surface area contributed by atoms with Crippen LogP contribution < -0.4 is 20.9 Å². The summed E-state index contributed by atoms with van der Waals surface area (Å²) in [6.45, 7) is 5.74. The Hall–Kier alpha value is -2.55. The fraction of sp³-hybridized carbons (Fsp3) is 0.500. The monoisotopic (exact) mass is 355 g/mol. The van der Waals surface area contributed by atoms with Gasteiger partial charge in [0, 0.05) is 12.1 Å². The minimum Gasteiger partial charge on any atom is -0.467 e. The van der Waals surface area contributed by atoms with Crippen LogP contribution in [0.1, 0.15) is 31.9 Å². The number of fused-ring (bicyclic) bond motifs is 1. The van der Waals surface area contributed by atoms with Gasteiger partial charge < -0.3 is 19.5 Å². The van der Waals surface area contributed by atoms with Crippen molar-refractivity contribution in [2.45, 2.75) is 39.4 Å². The van der Waals surface area contributed by atoms with Gasteiger partial charge in [-0.25, -0.2) is 24.8 Å². The molecule has 1 heterocycles. The van der Waals surface area contributed by atoms with E-state index in [2.05, 4.69) is 16.2 Å². The number of hydrogen-bond acceptors (Lipinski definition) is 5. The fourth-order valence-corrected chi connectivity index (χ4v) is 2.21. The summed E-state index contributed by atoms with van der Waals surface area (Å²) in [5.41, 5.74) is 4.90. The summed E-state index contributed by atoms with van der Waals surface area (Å²) in [4.78, 5) is 23.1. The molecule has 0 aromatic heterocycles. The summed E-state index contributed by atoms with van der Waals surface area (Å²) >= 11 is 0. The lowest BCUT2D eigenvalue weighted by atomic mass is 10.1. The van der Waals surface area contributed by atoms with E-state index in [1.54, 1.807) is 20.8 Å². The molecule has 0 radical (unpaired) electrons. The van der Waals surface area contributed by atoms with Gasteiger partial charge in [0.15, 0.2) is 6.79 Å². The molecule has 0 spiro atoms. The number of carbonyl (C=O) groups excluding carboxylic acids is 2. The number of rotatable bonds is 3. The molecule has 1 aliphatic rings. The van der Waals surface area contributed by atoms with Crippen LogP contribution >= 0.6 is 0 Å². The molecule has 138 valence electrons. The molecule has 0 saturated carbocycles. The van der Waals surface area contributed by atoms with Crippen molar-refractivity contribution in [1.82, 2.24) is 16.2 Å². The summed E-state index contributed by atoms with van der Waals surface area (Å²) in [5.74, 6) is 0.195. The molecule has 0 bridgehead atoms. The number of carbonyl (C=O) groups is 2. The summed E-state index contributed by atoms with van der Waals surface area (Å²) in [7, 11) is 0. The Morgan fingerprint density at radius 1 is 1.28 bits per heavy atom. The number of hydrogen-bond donors (Lipinski definition) is 3. The van der Waals surface area contributed by atoms with Gasteiger partial charge >= 0.3 is 12.1 Å². The third kappa shape index (κ3) is 6.11. The lowest BCUT2D eigenvalue weighted by molar-refractivity contribution is -0.0172. The molecule has 0 aliphatic carbocycles. The van der Waals surface area contributed by atoms with Crippen LogP contribution in [0.2, 0.25) is 0 Å². The van der Waals surface area contributed by atoms with Gasteiger partial charge in [-0.3, -0.25) is 0 Å². The third-order valence-corrected chi connectivity index (χ3v) is 3.11. The van der Waals surface area contributed by atoms with E-state index in [9.17, 15) is 14.0 Å². The second-order valence-corrected chi connectivity index (χ2v) is 6.42. The van der Waals surface area contributed by atoms with Gasteiger partial charge in [-0.2, -0.15) is 0 Å². The SMILES string of the molecule is CC(C)(C)OC(=O)NNC(=O)NCCc1cc(F)cc2c1OCOC2. The van der Waals surface area contributed by atoms with Crippen LogP contribution in [0.3, 0.4) is 0 Å². The Morgan fingerprint density at radius 3 is 2.76 bits per heavy atom.